The molecule has 0 aliphatic carbocycles. The number of benzene rings is 3. The van der Waals surface area contributed by atoms with E-state index < -0.39 is 23.3 Å². The van der Waals surface area contributed by atoms with E-state index in [0.29, 0.717) is 25.0 Å². The van der Waals surface area contributed by atoms with Crippen LogP contribution in [0.5, 0.6) is 0 Å². The average Bonchev–Trinajstić information content (AvgIpc) is 2.81. The molecule has 0 aliphatic rings. The van der Waals surface area contributed by atoms with Crippen molar-refractivity contribution in [3.63, 3.8) is 0 Å². The van der Waals surface area contributed by atoms with Gasteiger partial charge in [0.05, 0.1) is 12.2 Å². The average molecular weight is 449 g/mol. The molecule has 4 aromatic rings. The predicted molar refractivity (Wildman–Crippen MR) is 119 cm³/mol. The third kappa shape index (κ3) is 5.21. The molecule has 166 valence electrons. The second-order valence-corrected chi connectivity index (χ2v) is 7.58. The van der Waals surface area contributed by atoms with E-state index in [2.05, 4.69) is 16.8 Å². The third-order valence-electron chi connectivity index (χ3n) is 5.21. The number of methoxy groups -OCH3 is 1. The molecule has 3 aromatic carbocycles. The number of rotatable bonds is 5. The fraction of sp³-hybridized carbons (Fsp3) is 0.148. The van der Waals surface area contributed by atoms with Crippen molar-refractivity contribution in [2.75, 3.05) is 7.11 Å². The normalized spacial score (nSPS) is 10.8. The van der Waals surface area contributed by atoms with Gasteiger partial charge in [-0.15, -0.1) is 0 Å². The summed E-state index contributed by atoms with van der Waals surface area (Å²) < 4.78 is 60.3. The lowest BCUT2D eigenvalue weighted by atomic mass is 10.0. The van der Waals surface area contributed by atoms with Crippen LogP contribution in [0.25, 0.3) is 10.8 Å². The summed E-state index contributed by atoms with van der Waals surface area (Å²) in [6.45, 7) is 0.506. The first kappa shape index (κ1) is 22.5. The molecule has 0 fully saturated rings. The van der Waals surface area contributed by atoms with Crippen molar-refractivity contribution in [1.82, 2.24) is 4.98 Å². The number of hydrogen-bond acceptors (Lipinski definition) is 2. The highest BCUT2D eigenvalue weighted by molar-refractivity contribution is 5.84. The lowest BCUT2D eigenvalue weighted by Crippen LogP contribution is -1.97. The van der Waals surface area contributed by atoms with Gasteiger partial charge in [0.1, 0.15) is 5.82 Å². The van der Waals surface area contributed by atoms with E-state index >= 15 is 0 Å². The highest BCUT2D eigenvalue weighted by atomic mass is 19.2. The first-order valence-electron chi connectivity index (χ1n) is 10.2. The van der Waals surface area contributed by atoms with Crippen molar-refractivity contribution in [3.8, 4) is 11.8 Å². The molecule has 0 spiro atoms. The van der Waals surface area contributed by atoms with Crippen molar-refractivity contribution in [1.29, 1.82) is 0 Å². The number of fused-ring (bicyclic) bond motifs is 1. The van der Waals surface area contributed by atoms with Crippen molar-refractivity contribution in [2.24, 2.45) is 0 Å². The Morgan fingerprint density at radius 2 is 1.61 bits per heavy atom. The van der Waals surface area contributed by atoms with Crippen LogP contribution in [-0.4, -0.2) is 12.1 Å². The van der Waals surface area contributed by atoms with E-state index in [1.807, 2.05) is 12.1 Å². The predicted octanol–water partition coefficient (Wildman–Crippen LogP) is 6.12. The van der Waals surface area contributed by atoms with Gasteiger partial charge in [0, 0.05) is 30.0 Å². The fourth-order valence-electron chi connectivity index (χ4n) is 3.47. The van der Waals surface area contributed by atoms with Gasteiger partial charge in [-0.05, 0) is 65.8 Å². The Labute approximate surface area is 188 Å². The van der Waals surface area contributed by atoms with Crippen LogP contribution in [-0.2, 0) is 24.2 Å². The molecule has 33 heavy (non-hydrogen) atoms. The third-order valence-corrected chi connectivity index (χ3v) is 5.21. The number of halogens is 4. The lowest BCUT2D eigenvalue weighted by molar-refractivity contribution is 0.184. The van der Waals surface area contributed by atoms with Crippen LogP contribution in [0.1, 0.15) is 27.9 Å². The summed E-state index contributed by atoms with van der Waals surface area (Å²) in [5.41, 5.74) is 3.35. The van der Waals surface area contributed by atoms with Crippen molar-refractivity contribution in [2.45, 2.75) is 19.4 Å². The maximum atomic E-state index is 14.5. The molecule has 0 atom stereocenters. The summed E-state index contributed by atoms with van der Waals surface area (Å²) in [5.74, 6) is 1.05. The number of ether oxygens (including phenoxy) is 1. The molecule has 0 aliphatic heterocycles. The largest absolute Gasteiger partial charge is 0.380 e. The molecule has 0 unspecified atom stereocenters. The van der Waals surface area contributed by atoms with Gasteiger partial charge in [-0.1, -0.05) is 30.0 Å². The summed E-state index contributed by atoms with van der Waals surface area (Å²) >= 11 is 0. The molecule has 0 bridgehead atoms. The van der Waals surface area contributed by atoms with E-state index in [-0.39, 0.29) is 16.3 Å². The van der Waals surface area contributed by atoms with Crippen LogP contribution in [0.4, 0.5) is 17.6 Å². The summed E-state index contributed by atoms with van der Waals surface area (Å²) in [7, 11) is 1.63. The summed E-state index contributed by atoms with van der Waals surface area (Å²) in [5, 5.41) is 0.135. The number of hydrogen-bond donors (Lipinski definition) is 0. The van der Waals surface area contributed by atoms with Gasteiger partial charge >= 0.3 is 0 Å². The Hall–Kier alpha value is -3.69. The van der Waals surface area contributed by atoms with Crippen LogP contribution < -0.4 is 0 Å². The SMILES string of the molecule is COCc1ccc(CCc2ccc(C#Cc3ccc4c(F)c(F)c(F)cc4c3)c(F)c2)nc1. The standard InChI is InChI=1S/C27H19F4NO/c1-33-16-19-5-10-22(32-15-19)9-4-18-3-8-20(24(28)13-18)7-2-17-6-11-23-21(12-17)14-25(29)27(31)26(23)30/h3,5-6,8,10-15H,4,9,16H2,1H3. The van der Waals surface area contributed by atoms with Gasteiger partial charge in [0.25, 0.3) is 0 Å². The Morgan fingerprint density at radius 3 is 2.33 bits per heavy atom. The molecule has 0 N–H and O–H groups in total. The number of pyridine rings is 1. The molecular formula is C27H19F4NO. The number of aryl methyl sites for hydroxylation is 2. The maximum Gasteiger partial charge on any atom is 0.195 e. The highest BCUT2D eigenvalue weighted by Gasteiger charge is 2.13. The van der Waals surface area contributed by atoms with Gasteiger partial charge in [-0.3, -0.25) is 4.98 Å². The van der Waals surface area contributed by atoms with E-state index in [1.54, 1.807) is 25.4 Å². The van der Waals surface area contributed by atoms with Gasteiger partial charge in [-0.25, -0.2) is 17.6 Å². The summed E-state index contributed by atoms with van der Waals surface area (Å²) in [6, 6.07) is 13.9. The van der Waals surface area contributed by atoms with Crippen molar-refractivity contribution in [3.05, 3.63) is 112 Å². The smallest absolute Gasteiger partial charge is 0.195 e. The van der Waals surface area contributed by atoms with E-state index in [9.17, 15) is 17.6 Å². The minimum atomic E-state index is -1.51. The van der Waals surface area contributed by atoms with Gasteiger partial charge in [-0.2, -0.15) is 0 Å². The van der Waals surface area contributed by atoms with Crippen LogP contribution in [0, 0.1) is 35.1 Å². The van der Waals surface area contributed by atoms with Crippen LogP contribution in [0.2, 0.25) is 0 Å². The first-order chi connectivity index (χ1) is 15.9. The minimum Gasteiger partial charge on any atom is -0.380 e. The molecule has 4 rings (SSSR count). The monoisotopic (exact) mass is 449 g/mol. The topological polar surface area (TPSA) is 22.1 Å². The van der Waals surface area contributed by atoms with E-state index in [1.165, 1.54) is 24.3 Å². The van der Waals surface area contributed by atoms with Crippen molar-refractivity contribution < 1.29 is 22.3 Å². The second-order valence-electron chi connectivity index (χ2n) is 7.58. The van der Waals surface area contributed by atoms with E-state index in [4.69, 9.17) is 4.74 Å². The quantitative estimate of drug-likeness (QED) is 0.208. The molecule has 2 nitrogen and oxygen atoms in total. The first-order valence-corrected chi connectivity index (χ1v) is 10.2. The number of aromatic nitrogens is 1. The van der Waals surface area contributed by atoms with E-state index in [0.717, 1.165) is 22.9 Å². The zero-order chi connectivity index (χ0) is 23.4. The van der Waals surface area contributed by atoms with Gasteiger partial charge in [0.2, 0.25) is 0 Å². The Bertz CT molecular complexity index is 1370. The highest BCUT2D eigenvalue weighted by Crippen LogP contribution is 2.24. The molecule has 0 saturated heterocycles. The van der Waals surface area contributed by atoms with Crippen LogP contribution in [0.15, 0.2) is 60.8 Å². The fourth-order valence-corrected chi connectivity index (χ4v) is 3.47. The molecule has 1 heterocycles. The van der Waals surface area contributed by atoms with Gasteiger partial charge in [0.15, 0.2) is 17.5 Å². The van der Waals surface area contributed by atoms with Gasteiger partial charge < -0.3 is 4.74 Å². The molecule has 0 amide bonds. The van der Waals surface area contributed by atoms with Crippen LogP contribution in [0.3, 0.4) is 0 Å². The Morgan fingerprint density at radius 1 is 0.788 bits per heavy atom. The number of nitrogens with zero attached hydrogens (tertiary/aromatic N) is 1. The Balaban J connectivity index is 1.47. The minimum absolute atomic E-state index is 0.0437. The van der Waals surface area contributed by atoms with Crippen LogP contribution >= 0.6 is 0 Å². The Kier molecular flexibility index (Phi) is 6.71. The lowest BCUT2D eigenvalue weighted by Gasteiger charge is -2.05. The molecular weight excluding hydrogens is 430 g/mol. The second kappa shape index (κ2) is 9.85. The summed E-state index contributed by atoms with van der Waals surface area (Å²) in [6.07, 6.45) is 3.06. The molecule has 0 radical (unpaired) electrons. The zero-order valence-corrected chi connectivity index (χ0v) is 17.8. The molecule has 1 aromatic heterocycles. The molecule has 6 heteroatoms. The maximum absolute atomic E-state index is 14.5. The molecule has 0 saturated carbocycles. The summed E-state index contributed by atoms with van der Waals surface area (Å²) in [4.78, 5) is 4.39. The van der Waals surface area contributed by atoms with Crippen molar-refractivity contribution >= 4 is 10.8 Å². The zero-order valence-electron chi connectivity index (χ0n) is 17.8.